The first-order chi connectivity index (χ1) is 8.99. The van der Waals surface area contributed by atoms with Crippen LogP contribution in [0.2, 0.25) is 0 Å². The molecule has 2 heterocycles. The number of halogens is 1. The van der Waals surface area contributed by atoms with Gasteiger partial charge in [0.15, 0.2) is 0 Å². The van der Waals surface area contributed by atoms with Gasteiger partial charge in [0.05, 0.1) is 0 Å². The molecule has 1 aromatic heterocycles. The van der Waals surface area contributed by atoms with Crippen LogP contribution < -0.4 is 5.73 Å². The third kappa shape index (κ3) is 4.47. The average molecular weight is 317 g/mol. The lowest BCUT2D eigenvalue weighted by molar-refractivity contribution is -0.134. The van der Waals surface area contributed by atoms with Crippen LogP contribution in [-0.4, -0.2) is 29.9 Å². The van der Waals surface area contributed by atoms with Crippen molar-refractivity contribution in [3.05, 3.63) is 22.4 Å². The predicted octanol–water partition coefficient (Wildman–Crippen LogP) is 3.08. The van der Waals surface area contributed by atoms with Crippen LogP contribution in [0.25, 0.3) is 0 Å². The van der Waals surface area contributed by atoms with Crippen molar-refractivity contribution in [3.63, 3.8) is 0 Å². The SMILES string of the molecule is CC1(C)CN(C(=O)CCCc2cccs2)CCC1N.Cl. The number of hydrogen-bond donors (Lipinski definition) is 1. The van der Waals surface area contributed by atoms with Gasteiger partial charge in [-0.15, -0.1) is 23.7 Å². The van der Waals surface area contributed by atoms with Crippen molar-refractivity contribution in [3.8, 4) is 0 Å². The van der Waals surface area contributed by atoms with Crippen molar-refractivity contribution in [2.24, 2.45) is 11.1 Å². The molecule has 1 atom stereocenters. The van der Waals surface area contributed by atoms with Gasteiger partial charge in [0.2, 0.25) is 5.91 Å². The molecular formula is C15H25ClN2OS. The lowest BCUT2D eigenvalue weighted by Gasteiger charge is -2.42. The second-order valence-corrected chi connectivity index (χ2v) is 7.16. The van der Waals surface area contributed by atoms with Crippen LogP contribution in [0.4, 0.5) is 0 Å². The maximum absolute atomic E-state index is 12.2. The summed E-state index contributed by atoms with van der Waals surface area (Å²) in [4.78, 5) is 15.6. The van der Waals surface area contributed by atoms with Gasteiger partial charge in [-0.1, -0.05) is 19.9 Å². The zero-order valence-electron chi connectivity index (χ0n) is 12.3. The van der Waals surface area contributed by atoms with E-state index < -0.39 is 0 Å². The summed E-state index contributed by atoms with van der Waals surface area (Å²) in [7, 11) is 0. The Bertz CT molecular complexity index is 420. The van der Waals surface area contributed by atoms with E-state index in [2.05, 4.69) is 31.4 Å². The molecule has 3 nitrogen and oxygen atoms in total. The van der Waals surface area contributed by atoms with Crippen LogP contribution in [0.1, 0.15) is 38.0 Å². The van der Waals surface area contributed by atoms with Crippen LogP contribution in [0.15, 0.2) is 17.5 Å². The van der Waals surface area contributed by atoms with Crippen molar-refractivity contribution in [2.75, 3.05) is 13.1 Å². The number of hydrogen-bond acceptors (Lipinski definition) is 3. The van der Waals surface area contributed by atoms with Gasteiger partial charge in [0.25, 0.3) is 0 Å². The summed E-state index contributed by atoms with van der Waals surface area (Å²) in [5.41, 5.74) is 6.15. The quantitative estimate of drug-likeness (QED) is 0.928. The number of rotatable bonds is 4. The van der Waals surface area contributed by atoms with Crippen molar-refractivity contribution in [1.82, 2.24) is 4.90 Å². The number of carbonyl (C=O) groups excluding carboxylic acids is 1. The lowest BCUT2D eigenvalue weighted by Crippen LogP contribution is -2.53. The fraction of sp³-hybridized carbons (Fsp3) is 0.667. The Kier molecular flexibility index (Phi) is 6.49. The van der Waals surface area contributed by atoms with Gasteiger partial charge >= 0.3 is 0 Å². The van der Waals surface area contributed by atoms with Crippen molar-refractivity contribution in [1.29, 1.82) is 0 Å². The smallest absolute Gasteiger partial charge is 0.222 e. The fourth-order valence-electron chi connectivity index (χ4n) is 2.61. The highest BCUT2D eigenvalue weighted by Crippen LogP contribution is 2.28. The van der Waals surface area contributed by atoms with E-state index in [0.717, 1.165) is 32.4 Å². The molecule has 1 aliphatic heterocycles. The second kappa shape index (κ2) is 7.43. The number of carbonyl (C=O) groups is 1. The van der Waals surface area contributed by atoms with Gasteiger partial charge in [-0.05, 0) is 36.1 Å². The zero-order chi connectivity index (χ0) is 13.9. The molecule has 1 amide bonds. The van der Waals surface area contributed by atoms with Crippen LogP contribution in [-0.2, 0) is 11.2 Å². The molecule has 1 unspecified atom stereocenters. The summed E-state index contributed by atoms with van der Waals surface area (Å²) in [5, 5.41) is 2.09. The Hall–Kier alpha value is -0.580. The van der Waals surface area contributed by atoms with Gasteiger partial charge in [0.1, 0.15) is 0 Å². The Labute approximate surface area is 131 Å². The first-order valence-electron chi connectivity index (χ1n) is 7.05. The Morgan fingerprint density at radius 1 is 1.55 bits per heavy atom. The van der Waals surface area contributed by atoms with Crippen molar-refractivity contribution >= 4 is 29.7 Å². The fourth-order valence-corrected chi connectivity index (χ4v) is 3.36. The van der Waals surface area contributed by atoms with E-state index in [9.17, 15) is 4.79 Å². The minimum absolute atomic E-state index is 0. The molecule has 1 aromatic rings. The Balaban J connectivity index is 0.00000200. The van der Waals surface area contributed by atoms with E-state index in [4.69, 9.17) is 5.73 Å². The second-order valence-electron chi connectivity index (χ2n) is 6.13. The summed E-state index contributed by atoms with van der Waals surface area (Å²) in [6, 6.07) is 4.41. The molecule has 2 N–H and O–H groups in total. The van der Waals surface area contributed by atoms with Crippen LogP contribution in [0.5, 0.6) is 0 Å². The van der Waals surface area contributed by atoms with Gasteiger partial charge in [-0.2, -0.15) is 0 Å². The molecule has 0 radical (unpaired) electrons. The van der Waals surface area contributed by atoms with Gasteiger partial charge in [-0.25, -0.2) is 0 Å². The molecule has 0 bridgehead atoms. The van der Waals surface area contributed by atoms with E-state index >= 15 is 0 Å². The topological polar surface area (TPSA) is 46.3 Å². The molecular weight excluding hydrogens is 292 g/mol. The molecule has 0 aromatic carbocycles. The summed E-state index contributed by atoms with van der Waals surface area (Å²) in [6.07, 6.45) is 3.54. The molecule has 5 heteroatoms. The molecule has 1 saturated heterocycles. The highest BCUT2D eigenvalue weighted by molar-refractivity contribution is 7.09. The molecule has 0 spiro atoms. The van der Waals surface area contributed by atoms with Crippen LogP contribution in [0.3, 0.4) is 0 Å². The van der Waals surface area contributed by atoms with E-state index in [1.807, 2.05) is 4.90 Å². The zero-order valence-corrected chi connectivity index (χ0v) is 13.9. The van der Waals surface area contributed by atoms with Crippen LogP contribution >= 0.6 is 23.7 Å². The lowest BCUT2D eigenvalue weighted by atomic mass is 9.79. The minimum Gasteiger partial charge on any atom is -0.342 e. The first kappa shape index (κ1) is 17.5. The summed E-state index contributed by atoms with van der Waals surface area (Å²) >= 11 is 1.77. The molecule has 0 saturated carbocycles. The molecule has 114 valence electrons. The van der Waals surface area contributed by atoms with Crippen molar-refractivity contribution < 1.29 is 4.79 Å². The highest BCUT2D eigenvalue weighted by atomic mass is 35.5. The predicted molar refractivity (Wildman–Crippen MR) is 87.5 cm³/mol. The summed E-state index contributed by atoms with van der Waals surface area (Å²) < 4.78 is 0. The maximum Gasteiger partial charge on any atom is 0.222 e. The summed E-state index contributed by atoms with van der Waals surface area (Å²) in [6.45, 7) is 5.93. The van der Waals surface area contributed by atoms with Crippen LogP contribution in [0, 0.1) is 5.41 Å². The van der Waals surface area contributed by atoms with Gasteiger partial charge in [-0.3, -0.25) is 4.79 Å². The van der Waals surface area contributed by atoms with E-state index in [1.54, 1.807) is 11.3 Å². The number of piperidine rings is 1. The molecule has 1 aliphatic rings. The average Bonchev–Trinajstić information content (AvgIpc) is 2.85. The number of amides is 1. The third-order valence-corrected chi connectivity index (χ3v) is 4.99. The summed E-state index contributed by atoms with van der Waals surface area (Å²) in [5.74, 6) is 0.288. The van der Waals surface area contributed by atoms with E-state index in [0.29, 0.717) is 6.42 Å². The Morgan fingerprint density at radius 2 is 2.30 bits per heavy atom. The molecule has 20 heavy (non-hydrogen) atoms. The number of nitrogens with two attached hydrogens (primary N) is 1. The van der Waals surface area contributed by atoms with Gasteiger partial charge < -0.3 is 10.6 Å². The highest BCUT2D eigenvalue weighted by Gasteiger charge is 2.34. The maximum atomic E-state index is 12.2. The Morgan fingerprint density at radius 3 is 2.90 bits per heavy atom. The monoisotopic (exact) mass is 316 g/mol. The number of nitrogens with zero attached hydrogens (tertiary/aromatic N) is 1. The van der Waals surface area contributed by atoms with Gasteiger partial charge in [0, 0.05) is 30.4 Å². The first-order valence-corrected chi connectivity index (χ1v) is 7.93. The standard InChI is InChI=1S/C15H24N2OS.ClH/c1-15(2)11-17(9-8-13(15)16)14(18)7-3-5-12-6-4-10-19-12;/h4,6,10,13H,3,5,7-9,11,16H2,1-2H3;1H. The third-order valence-electron chi connectivity index (χ3n) is 4.06. The molecule has 1 fully saturated rings. The minimum atomic E-state index is 0. The largest absolute Gasteiger partial charge is 0.342 e. The number of thiophene rings is 1. The van der Waals surface area contributed by atoms with E-state index in [-0.39, 0.29) is 29.8 Å². The molecule has 0 aliphatic carbocycles. The number of aryl methyl sites for hydroxylation is 1. The number of likely N-dealkylation sites (tertiary alicyclic amines) is 1. The van der Waals surface area contributed by atoms with Crippen molar-refractivity contribution in [2.45, 2.75) is 45.6 Å². The normalized spacial score (nSPS) is 21.4. The van der Waals surface area contributed by atoms with E-state index in [1.165, 1.54) is 4.88 Å². The molecule has 2 rings (SSSR count).